The van der Waals surface area contributed by atoms with Crippen LogP contribution in [0, 0.1) is 10.1 Å². The average molecular weight is 241 g/mol. The number of rotatable bonds is 3. The zero-order chi connectivity index (χ0) is 13.0. The molecule has 0 aliphatic heterocycles. The van der Waals surface area contributed by atoms with Crippen molar-refractivity contribution in [2.24, 2.45) is 10.9 Å². The minimum absolute atomic E-state index is 0.0446. The number of nitro benzene ring substituents is 1. The highest BCUT2D eigenvalue weighted by atomic mass is 16.6. The Morgan fingerprint density at radius 3 is 2.06 bits per heavy atom. The topological polar surface area (TPSA) is 81.5 Å². The predicted molar refractivity (Wildman–Crippen MR) is 69.4 cm³/mol. The van der Waals surface area contributed by atoms with Crippen molar-refractivity contribution in [2.75, 3.05) is 0 Å². The molecule has 0 radical (unpaired) electrons. The van der Waals surface area contributed by atoms with Crippen molar-refractivity contribution in [3.8, 4) is 0 Å². The first kappa shape index (κ1) is 11.8. The van der Waals surface area contributed by atoms with Crippen molar-refractivity contribution >= 4 is 11.4 Å². The van der Waals surface area contributed by atoms with Gasteiger partial charge in [-0.3, -0.25) is 10.1 Å². The van der Waals surface area contributed by atoms with Crippen LogP contribution in [-0.2, 0) is 0 Å². The Balaban J connectivity index is 2.38. The number of hydrogen-bond donors (Lipinski definition) is 1. The number of nitro groups is 1. The molecule has 0 bridgehead atoms. The van der Waals surface area contributed by atoms with Gasteiger partial charge in [0, 0.05) is 23.3 Å². The molecule has 0 atom stereocenters. The standard InChI is InChI=1S/C13H11N3O2/c14-15-13(10-4-2-1-3-5-10)11-6-8-12(9-7-11)16(17)18/h1-9H,14H2/b15-13-. The molecule has 0 aliphatic rings. The van der Waals surface area contributed by atoms with Crippen LogP contribution in [0.4, 0.5) is 5.69 Å². The SMILES string of the molecule is N/N=C(/c1ccccc1)c1ccc([N+](=O)[O-])cc1. The fourth-order valence-corrected chi connectivity index (χ4v) is 1.65. The van der Waals surface area contributed by atoms with E-state index < -0.39 is 4.92 Å². The normalized spacial score (nSPS) is 11.2. The van der Waals surface area contributed by atoms with Gasteiger partial charge in [-0.15, -0.1) is 0 Å². The molecule has 18 heavy (non-hydrogen) atoms. The maximum atomic E-state index is 10.6. The molecule has 0 unspecified atom stereocenters. The van der Waals surface area contributed by atoms with E-state index in [9.17, 15) is 10.1 Å². The van der Waals surface area contributed by atoms with E-state index in [-0.39, 0.29) is 5.69 Å². The molecular weight excluding hydrogens is 230 g/mol. The van der Waals surface area contributed by atoms with E-state index in [1.54, 1.807) is 12.1 Å². The van der Waals surface area contributed by atoms with Crippen LogP contribution < -0.4 is 5.84 Å². The van der Waals surface area contributed by atoms with Gasteiger partial charge in [0.1, 0.15) is 0 Å². The Morgan fingerprint density at radius 2 is 1.56 bits per heavy atom. The van der Waals surface area contributed by atoms with Crippen LogP contribution in [0.25, 0.3) is 0 Å². The summed E-state index contributed by atoms with van der Waals surface area (Å²) in [6.45, 7) is 0. The number of nitrogens with zero attached hydrogens (tertiary/aromatic N) is 2. The van der Waals surface area contributed by atoms with Gasteiger partial charge in [-0.2, -0.15) is 5.10 Å². The van der Waals surface area contributed by atoms with Gasteiger partial charge in [0.15, 0.2) is 0 Å². The average Bonchev–Trinajstić information content (AvgIpc) is 2.41. The molecule has 2 rings (SSSR count). The maximum absolute atomic E-state index is 10.6. The highest BCUT2D eigenvalue weighted by molar-refractivity contribution is 6.12. The monoisotopic (exact) mass is 241 g/mol. The van der Waals surface area contributed by atoms with Gasteiger partial charge in [-0.25, -0.2) is 0 Å². The van der Waals surface area contributed by atoms with Crippen LogP contribution >= 0.6 is 0 Å². The summed E-state index contributed by atoms with van der Waals surface area (Å²) in [7, 11) is 0. The van der Waals surface area contributed by atoms with Crippen LogP contribution in [0.5, 0.6) is 0 Å². The first-order valence-corrected chi connectivity index (χ1v) is 5.30. The van der Waals surface area contributed by atoms with E-state index in [2.05, 4.69) is 5.10 Å². The third kappa shape index (κ3) is 2.35. The van der Waals surface area contributed by atoms with Crippen LogP contribution in [0.2, 0.25) is 0 Å². The fraction of sp³-hybridized carbons (Fsp3) is 0. The highest BCUT2D eigenvalue weighted by Gasteiger charge is 2.09. The first-order chi connectivity index (χ1) is 8.72. The lowest BCUT2D eigenvalue weighted by atomic mass is 10.0. The van der Waals surface area contributed by atoms with Crippen molar-refractivity contribution in [1.82, 2.24) is 0 Å². The summed E-state index contributed by atoms with van der Waals surface area (Å²) in [5.41, 5.74) is 2.26. The van der Waals surface area contributed by atoms with Crippen molar-refractivity contribution < 1.29 is 4.92 Å². The molecule has 2 N–H and O–H groups in total. The molecule has 2 aromatic carbocycles. The maximum Gasteiger partial charge on any atom is 0.269 e. The molecule has 5 nitrogen and oxygen atoms in total. The van der Waals surface area contributed by atoms with E-state index in [1.807, 2.05) is 30.3 Å². The van der Waals surface area contributed by atoms with Crippen molar-refractivity contribution in [3.05, 3.63) is 75.8 Å². The lowest BCUT2D eigenvalue weighted by Crippen LogP contribution is -2.06. The van der Waals surface area contributed by atoms with Crippen LogP contribution in [0.3, 0.4) is 0 Å². The van der Waals surface area contributed by atoms with Gasteiger partial charge in [-0.05, 0) is 12.1 Å². The molecule has 0 aliphatic carbocycles. The third-order valence-electron chi connectivity index (χ3n) is 2.53. The quantitative estimate of drug-likeness (QED) is 0.387. The van der Waals surface area contributed by atoms with Crippen LogP contribution in [0.1, 0.15) is 11.1 Å². The van der Waals surface area contributed by atoms with Gasteiger partial charge in [0.25, 0.3) is 5.69 Å². The Labute approximate surface area is 104 Å². The Hall–Kier alpha value is -2.69. The van der Waals surface area contributed by atoms with Crippen LogP contribution in [0.15, 0.2) is 59.7 Å². The lowest BCUT2D eigenvalue weighted by molar-refractivity contribution is -0.384. The molecule has 0 saturated carbocycles. The van der Waals surface area contributed by atoms with Gasteiger partial charge in [0.05, 0.1) is 10.6 Å². The van der Waals surface area contributed by atoms with Crippen molar-refractivity contribution in [3.63, 3.8) is 0 Å². The summed E-state index contributed by atoms with van der Waals surface area (Å²) in [5.74, 6) is 5.39. The zero-order valence-electron chi connectivity index (χ0n) is 9.48. The van der Waals surface area contributed by atoms with Gasteiger partial charge in [-0.1, -0.05) is 30.3 Å². The zero-order valence-corrected chi connectivity index (χ0v) is 9.48. The molecule has 0 amide bonds. The molecule has 0 saturated heterocycles. The van der Waals surface area contributed by atoms with Crippen molar-refractivity contribution in [2.45, 2.75) is 0 Å². The largest absolute Gasteiger partial charge is 0.323 e. The van der Waals surface area contributed by atoms with E-state index >= 15 is 0 Å². The minimum Gasteiger partial charge on any atom is -0.323 e. The molecular formula is C13H11N3O2. The predicted octanol–water partition coefficient (Wildman–Crippen LogP) is 2.31. The number of hydrazone groups is 1. The smallest absolute Gasteiger partial charge is 0.269 e. The Bertz CT molecular complexity index is 577. The van der Waals surface area contributed by atoms with Crippen molar-refractivity contribution in [1.29, 1.82) is 0 Å². The summed E-state index contributed by atoms with van der Waals surface area (Å²) in [6, 6.07) is 15.6. The number of hydrogen-bond acceptors (Lipinski definition) is 4. The summed E-state index contributed by atoms with van der Waals surface area (Å²) in [4.78, 5) is 10.1. The molecule has 0 aromatic heterocycles. The van der Waals surface area contributed by atoms with Crippen LogP contribution in [-0.4, -0.2) is 10.6 Å². The van der Waals surface area contributed by atoms with E-state index in [0.29, 0.717) is 5.71 Å². The second kappa shape index (κ2) is 5.09. The Morgan fingerprint density at radius 1 is 1.00 bits per heavy atom. The molecule has 0 fully saturated rings. The highest BCUT2D eigenvalue weighted by Crippen LogP contribution is 2.15. The second-order valence-electron chi connectivity index (χ2n) is 3.65. The van der Waals surface area contributed by atoms with E-state index in [4.69, 9.17) is 5.84 Å². The van der Waals surface area contributed by atoms with Gasteiger partial charge in [0.2, 0.25) is 0 Å². The summed E-state index contributed by atoms with van der Waals surface area (Å²) in [6.07, 6.45) is 0. The van der Waals surface area contributed by atoms with E-state index in [0.717, 1.165) is 11.1 Å². The summed E-state index contributed by atoms with van der Waals surface area (Å²) >= 11 is 0. The molecule has 2 aromatic rings. The number of non-ortho nitro benzene ring substituents is 1. The fourth-order valence-electron chi connectivity index (χ4n) is 1.65. The Kier molecular flexibility index (Phi) is 3.33. The molecule has 0 spiro atoms. The molecule has 5 heteroatoms. The van der Waals surface area contributed by atoms with Gasteiger partial charge < -0.3 is 5.84 Å². The number of benzene rings is 2. The molecule has 0 heterocycles. The second-order valence-corrected chi connectivity index (χ2v) is 3.65. The molecule has 90 valence electrons. The first-order valence-electron chi connectivity index (χ1n) is 5.30. The lowest BCUT2D eigenvalue weighted by Gasteiger charge is -2.05. The summed E-state index contributed by atoms with van der Waals surface area (Å²) < 4.78 is 0. The van der Waals surface area contributed by atoms with Gasteiger partial charge >= 0.3 is 0 Å². The summed E-state index contributed by atoms with van der Waals surface area (Å²) in [5, 5.41) is 14.3. The number of nitrogens with two attached hydrogens (primary N) is 1. The minimum atomic E-state index is -0.439. The van der Waals surface area contributed by atoms with E-state index in [1.165, 1.54) is 12.1 Å². The third-order valence-corrected chi connectivity index (χ3v) is 2.53.